The molecule has 49 heavy (non-hydrogen) atoms. The van der Waals surface area contributed by atoms with Crippen molar-refractivity contribution in [2.75, 3.05) is 64.3 Å². The van der Waals surface area contributed by atoms with Gasteiger partial charge in [0.1, 0.15) is 18.0 Å². The van der Waals surface area contributed by atoms with Gasteiger partial charge in [-0.3, -0.25) is 9.48 Å². The summed E-state index contributed by atoms with van der Waals surface area (Å²) >= 11 is 1.68. The number of halogens is 1. The molecule has 1 amide bonds. The second-order valence-electron chi connectivity index (χ2n) is 13.7. The van der Waals surface area contributed by atoms with Crippen LogP contribution in [0, 0.1) is 17.7 Å². The number of carbonyl (C=O) groups is 2. The summed E-state index contributed by atoms with van der Waals surface area (Å²) in [6.45, 7) is 11.8. The Hall–Kier alpha value is -3.39. The number of hydrogen-bond donors (Lipinski definition) is 1. The Bertz CT molecular complexity index is 1490. The molecule has 0 saturated carbocycles. The van der Waals surface area contributed by atoms with Crippen molar-refractivity contribution in [2.45, 2.75) is 63.2 Å². The summed E-state index contributed by atoms with van der Waals surface area (Å²) in [7, 11) is 3.94. The van der Waals surface area contributed by atoms with E-state index >= 15 is 4.39 Å². The topological polar surface area (TPSA) is 104 Å². The Labute approximate surface area is 293 Å². The van der Waals surface area contributed by atoms with Gasteiger partial charge in [0, 0.05) is 77.2 Å². The summed E-state index contributed by atoms with van der Waals surface area (Å²) in [4.78, 5) is 33.3. The number of rotatable bonds is 6. The molecule has 11 nitrogen and oxygen atoms in total. The van der Waals surface area contributed by atoms with E-state index in [2.05, 4.69) is 19.2 Å². The first-order valence-electron chi connectivity index (χ1n) is 17.3. The van der Waals surface area contributed by atoms with Crippen LogP contribution in [0.15, 0.2) is 53.2 Å². The third kappa shape index (κ3) is 10.6. The van der Waals surface area contributed by atoms with Gasteiger partial charge in [-0.15, -0.1) is 0 Å². The molecule has 0 unspecified atom stereocenters. The number of ether oxygens (including phenoxy) is 2. The van der Waals surface area contributed by atoms with Crippen LogP contribution in [0.3, 0.4) is 0 Å². The standard InChI is InChI=1S/C36H51FN6O5S/c1-25-6-8-31(44)22-34(45)48-35(26(2)7-9-33(25)47-36(46)42-12-10-39(4)11-13-42)27(3)18-28-19-29(37)21-30(20-28)41-14-16-43(17-15-41)49-32-23-38-40(5)24-32/h7,9,18-21,23-26,31,33,35,44H,6,8,10-17,22H2,1-5H3/b9-7+,27-18+/t25-,26-,31+,33-,35-/m0/s1. The SMILES string of the molecule is C/C(=C\c1cc(F)cc(N2CCN(Sc3cnn(C)c3)CC2)c1)[C@H]1OC(=O)C[C@H](O)CC[C@H](C)[C@@H](OC(=O)N2CCN(C)CC2)/C=C/[C@@H]1C. The van der Waals surface area contributed by atoms with E-state index in [1.807, 2.05) is 71.6 Å². The number of aliphatic hydroxyl groups excluding tert-OH is 1. The number of piperazine rings is 2. The monoisotopic (exact) mass is 698 g/mol. The lowest BCUT2D eigenvalue weighted by Gasteiger charge is -2.35. The van der Waals surface area contributed by atoms with E-state index in [1.54, 1.807) is 27.6 Å². The normalized spacial score (nSPS) is 27.6. The van der Waals surface area contributed by atoms with Crippen LogP contribution in [0.1, 0.15) is 45.6 Å². The van der Waals surface area contributed by atoms with Crippen molar-refractivity contribution in [3.05, 3.63) is 59.7 Å². The van der Waals surface area contributed by atoms with Crippen molar-refractivity contribution in [1.29, 1.82) is 0 Å². The Morgan fingerprint density at radius 3 is 2.47 bits per heavy atom. The molecular weight excluding hydrogens is 647 g/mol. The van der Waals surface area contributed by atoms with E-state index in [4.69, 9.17) is 9.47 Å². The van der Waals surface area contributed by atoms with Crippen LogP contribution in [0.5, 0.6) is 0 Å². The van der Waals surface area contributed by atoms with Crippen molar-refractivity contribution in [2.24, 2.45) is 18.9 Å². The fraction of sp³-hybridized carbons (Fsp3) is 0.583. The van der Waals surface area contributed by atoms with E-state index in [9.17, 15) is 14.7 Å². The number of aryl methyl sites for hydroxylation is 1. The van der Waals surface area contributed by atoms with E-state index < -0.39 is 24.3 Å². The summed E-state index contributed by atoms with van der Waals surface area (Å²) in [5.41, 5.74) is 2.21. The number of cyclic esters (lactones) is 1. The second kappa shape index (κ2) is 17.0. The Morgan fingerprint density at radius 2 is 1.78 bits per heavy atom. The molecular formula is C36H51FN6O5S. The van der Waals surface area contributed by atoms with Crippen molar-refractivity contribution in [3.63, 3.8) is 0 Å². The van der Waals surface area contributed by atoms with Crippen molar-refractivity contribution >= 4 is 35.8 Å². The summed E-state index contributed by atoms with van der Waals surface area (Å²) in [6.07, 6.45) is 7.97. The molecule has 5 atom stereocenters. The van der Waals surface area contributed by atoms with Gasteiger partial charge in [-0.1, -0.05) is 26.0 Å². The minimum absolute atomic E-state index is 0.0680. The lowest BCUT2D eigenvalue weighted by atomic mass is 9.91. The zero-order valence-corrected chi connectivity index (χ0v) is 30.1. The highest BCUT2D eigenvalue weighted by Crippen LogP contribution is 2.29. The molecule has 0 bridgehead atoms. The number of aliphatic hydroxyl groups is 1. The summed E-state index contributed by atoms with van der Waals surface area (Å²) in [5.74, 6) is -1.18. The number of amides is 1. The molecule has 5 rings (SSSR count). The minimum Gasteiger partial charge on any atom is -0.457 e. The number of nitrogens with zero attached hydrogens (tertiary/aromatic N) is 6. The number of benzene rings is 1. The molecule has 2 fully saturated rings. The Balaban J connectivity index is 1.30. The van der Waals surface area contributed by atoms with Gasteiger partial charge in [0.15, 0.2) is 0 Å². The van der Waals surface area contributed by atoms with Gasteiger partial charge in [0.25, 0.3) is 0 Å². The molecule has 268 valence electrons. The lowest BCUT2D eigenvalue weighted by molar-refractivity contribution is -0.151. The van der Waals surface area contributed by atoms with Crippen LogP contribution in [0.2, 0.25) is 0 Å². The van der Waals surface area contributed by atoms with E-state index in [1.165, 1.54) is 6.07 Å². The van der Waals surface area contributed by atoms with Gasteiger partial charge in [-0.2, -0.15) is 5.10 Å². The molecule has 13 heteroatoms. The third-order valence-corrected chi connectivity index (χ3v) is 10.6. The van der Waals surface area contributed by atoms with Crippen LogP contribution in [-0.2, 0) is 21.3 Å². The number of hydrogen-bond acceptors (Lipinski definition) is 10. The maximum absolute atomic E-state index is 15.0. The molecule has 3 aliphatic rings. The molecule has 1 aromatic carbocycles. The molecule has 4 heterocycles. The molecule has 0 radical (unpaired) electrons. The van der Waals surface area contributed by atoms with Crippen LogP contribution in [-0.4, -0.2) is 119 Å². The minimum atomic E-state index is -0.874. The second-order valence-corrected chi connectivity index (χ2v) is 14.9. The molecule has 0 spiro atoms. The maximum atomic E-state index is 15.0. The molecule has 1 N–H and O–H groups in total. The zero-order valence-electron chi connectivity index (χ0n) is 29.3. The maximum Gasteiger partial charge on any atom is 0.410 e. The van der Waals surface area contributed by atoms with Gasteiger partial charge in [0.2, 0.25) is 0 Å². The van der Waals surface area contributed by atoms with Crippen molar-refractivity contribution < 1.29 is 28.6 Å². The first kappa shape index (κ1) is 36.9. The highest BCUT2D eigenvalue weighted by molar-refractivity contribution is 7.97. The molecule has 1 aromatic heterocycles. The van der Waals surface area contributed by atoms with Crippen LogP contribution in [0.4, 0.5) is 14.9 Å². The van der Waals surface area contributed by atoms with Gasteiger partial charge < -0.3 is 29.3 Å². The largest absolute Gasteiger partial charge is 0.457 e. The summed E-state index contributed by atoms with van der Waals surface area (Å²) in [6, 6.07) is 5.01. The average molecular weight is 699 g/mol. The number of esters is 1. The fourth-order valence-electron chi connectivity index (χ4n) is 6.47. The predicted octanol–water partition coefficient (Wildman–Crippen LogP) is 4.83. The van der Waals surface area contributed by atoms with Crippen LogP contribution < -0.4 is 4.90 Å². The third-order valence-electron chi connectivity index (χ3n) is 9.52. The number of aromatic nitrogens is 2. The Morgan fingerprint density at radius 1 is 1.04 bits per heavy atom. The van der Waals surface area contributed by atoms with Crippen molar-refractivity contribution in [1.82, 2.24) is 23.9 Å². The van der Waals surface area contributed by atoms with Crippen LogP contribution in [0.25, 0.3) is 6.08 Å². The van der Waals surface area contributed by atoms with Crippen molar-refractivity contribution in [3.8, 4) is 0 Å². The molecule has 0 aliphatic carbocycles. The number of anilines is 1. The molecule has 3 aliphatic heterocycles. The molecule has 2 saturated heterocycles. The lowest BCUT2D eigenvalue weighted by Crippen LogP contribution is -2.48. The first-order valence-corrected chi connectivity index (χ1v) is 18.1. The van der Waals surface area contributed by atoms with Gasteiger partial charge in [-0.25, -0.2) is 13.5 Å². The summed E-state index contributed by atoms with van der Waals surface area (Å²) in [5, 5.41) is 14.9. The fourth-order valence-corrected chi connectivity index (χ4v) is 7.41. The number of carbonyl (C=O) groups excluding carboxylic acids is 2. The van der Waals surface area contributed by atoms with Gasteiger partial charge >= 0.3 is 12.1 Å². The van der Waals surface area contributed by atoms with Gasteiger partial charge in [0.05, 0.1) is 23.6 Å². The molecule has 2 aromatic rings. The summed E-state index contributed by atoms with van der Waals surface area (Å²) < 4.78 is 31.1. The van der Waals surface area contributed by atoms with E-state index in [0.29, 0.717) is 31.5 Å². The Kier molecular flexibility index (Phi) is 12.8. The zero-order chi connectivity index (χ0) is 35.1. The van der Waals surface area contributed by atoms with Gasteiger partial charge in [-0.05, 0) is 80.1 Å². The number of likely N-dealkylation sites (N-methyl/N-ethyl adjacent to an activating group) is 1. The first-order chi connectivity index (χ1) is 23.4. The predicted molar refractivity (Wildman–Crippen MR) is 189 cm³/mol. The highest BCUT2D eigenvalue weighted by Gasteiger charge is 2.29. The quantitative estimate of drug-likeness (QED) is 0.257. The van der Waals surface area contributed by atoms with E-state index in [0.717, 1.165) is 55.4 Å². The average Bonchev–Trinajstić information content (AvgIpc) is 3.48. The van der Waals surface area contributed by atoms with Crippen LogP contribution >= 0.6 is 11.9 Å². The highest BCUT2D eigenvalue weighted by atomic mass is 32.2. The van der Waals surface area contributed by atoms with E-state index in [-0.39, 0.29) is 30.2 Å². The smallest absolute Gasteiger partial charge is 0.410 e.